The maximum absolute atomic E-state index is 11.6. The monoisotopic (exact) mass is 203 g/mol. The molecule has 76 valence electrons. The molecule has 0 spiro atoms. The molecule has 0 aromatic rings. The topological polar surface area (TPSA) is 29.1 Å². The van der Waals surface area contributed by atoms with Crippen LogP contribution in [0.25, 0.3) is 0 Å². The van der Waals surface area contributed by atoms with Crippen LogP contribution in [-0.4, -0.2) is 17.8 Å². The molecule has 1 atom stereocenters. The third-order valence-electron chi connectivity index (χ3n) is 2.66. The summed E-state index contributed by atoms with van der Waals surface area (Å²) >= 11 is 5.59. The number of alkyl halides is 1. The molecule has 0 bridgehead atoms. The maximum Gasteiger partial charge on any atom is 0.223 e. The molecule has 0 aromatic heterocycles. The highest BCUT2D eigenvalue weighted by Crippen LogP contribution is 2.24. The van der Waals surface area contributed by atoms with Gasteiger partial charge in [-0.3, -0.25) is 4.79 Å². The molecule has 0 aliphatic heterocycles. The molecule has 0 radical (unpaired) electrons. The molecule has 1 aliphatic carbocycles. The van der Waals surface area contributed by atoms with Crippen LogP contribution in [0.5, 0.6) is 0 Å². The number of halogens is 1. The maximum atomic E-state index is 11.6. The van der Waals surface area contributed by atoms with Crippen molar-refractivity contribution < 1.29 is 4.79 Å². The van der Waals surface area contributed by atoms with Crippen molar-refractivity contribution in [3.8, 4) is 0 Å². The molecule has 1 amide bonds. The summed E-state index contributed by atoms with van der Waals surface area (Å²) in [5, 5.41) is 3.00. The van der Waals surface area contributed by atoms with Gasteiger partial charge in [-0.1, -0.05) is 12.8 Å². The lowest BCUT2D eigenvalue weighted by molar-refractivity contribution is -0.125. The average molecular weight is 204 g/mol. The molecular formula is C10H18ClNO. The van der Waals surface area contributed by atoms with E-state index in [1.54, 1.807) is 0 Å². The zero-order valence-electron chi connectivity index (χ0n) is 8.18. The largest absolute Gasteiger partial charge is 0.353 e. The predicted molar refractivity (Wildman–Crippen MR) is 54.9 cm³/mol. The van der Waals surface area contributed by atoms with E-state index in [4.69, 9.17) is 11.6 Å². The first-order valence-electron chi connectivity index (χ1n) is 5.10. The van der Waals surface area contributed by atoms with Crippen LogP contribution >= 0.6 is 11.6 Å². The number of rotatable bonds is 4. The van der Waals surface area contributed by atoms with E-state index in [0.29, 0.717) is 5.88 Å². The first-order valence-corrected chi connectivity index (χ1v) is 5.64. The number of hydrogen-bond donors (Lipinski definition) is 1. The zero-order valence-corrected chi connectivity index (χ0v) is 8.94. The van der Waals surface area contributed by atoms with E-state index in [9.17, 15) is 4.79 Å². The predicted octanol–water partition coefficient (Wildman–Crippen LogP) is 2.31. The van der Waals surface area contributed by atoms with Crippen molar-refractivity contribution in [1.82, 2.24) is 5.32 Å². The van der Waals surface area contributed by atoms with Gasteiger partial charge in [-0.25, -0.2) is 0 Å². The molecule has 1 aliphatic rings. The lowest BCUT2D eigenvalue weighted by Crippen LogP contribution is -2.36. The standard InChI is InChI=1S/C10H18ClNO/c1-8(6-7-11)12-10(13)9-4-2-3-5-9/h8-9H,2-7H2,1H3,(H,12,13). The van der Waals surface area contributed by atoms with Crippen LogP contribution in [0.3, 0.4) is 0 Å². The minimum absolute atomic E-state index is 0.227. The Morgan fingerprint density at radius 2 is 2.15 bits per heavy atom. The molecule has 1 unspecified atom stereocenters. The summed E-state index contributed by atoms with van der Waals surface area (Å²) in [5.41, 5.74) is 0. The van der Waals surface area contributed by atoms with Crippen LogP contribution in [0.1, 0.15) is 39.0 Å². The summed E-state index contributed by atoms with van der Waals surface area (Å²) in [6.45, 7) is 2.01. The molecule has 0 saturated heterocycles. The normalized spacial score (nSPS) is 20.2. The van der Waals surface area contributed by atoms with Gasteiger partial charge in [0.2, 0.25) is 5.91 Å². The van der Waals surface area contributed by atoms with E-state index in [0.717, 1.165) is 19.3 Å². The summed E-state index contributed by atoms with van der Waals surface area (Å²) in [6, 6.07) is 0.227. The van der Waals surface area contributed by atoms with E-state index < -0.39 is 0 Å². The van der Waals surface area contributed by atoms with Crippen LogP contribution in [0.2, 0.25) is 0 Å². The van der Waals surface area contributed by atoms with E-state index in [1.165, 1.54) is 12.8 Å². The Kier molecular flexibility index (Phi) is 4.57. The Labute approximate surface area is 85.0 Å². The highest BCUT2D eigenvalue weighted by molar-refractivity contribution is 6.17. The van der Waals surface area contributed by atoms with Crippen LogP contribution in [0.15, 0.2) is 0 Å². The van der Waals surface area contributed by atoms with Crippen molar-refractivity contribution in [2.45, 2.75) is 45.1 Å². The molecule has 3 heteroatoms. The smallest absolute Gasteiger partial charge is 0.223 e. The van der Waals surface area contributed by atoms with Gasteiger partial charge in [0.05, 0.1) is 0 Å². The Hall–Kier alpha value is -0.240. The van der Waals surface area contributed by atoms with Crippen molar-refractivity contribution >= 4 is 17.5 Å². The van der Waals surface area contributed by atoms with Crippen LogP contribution in [-0.2, 0) is 4.79 Å². The van der Waals surface area contributed by atoms with Gasteiger partial charge < -0.3 is 5.32 Å². The second-order valence-electron chi connectivity index (χ2n) is 3.87. The second-order valence-corrected chi connectivity index (χ2v) is 4.25. The van der Waals surface area contributed by atoms with Gasteiger partial charge in [-0.2, -0.15) is 0 Å². The molecule has 2 nitrogen and oxygen atoms in total. The molecule has 13 heavy (non-hydrogen) atoms. The summed E-state index contributed by atoms with van der Waals surface area (Å²) < 4.78 is 0. The molecule has 1 saturated carbocycles. The van der Waals surface area contributed by atoms with Gasteiger partial charge in [0, 0.05) is 17.8 Å². The Morgan fingerprint density at radius 1 is 1.54 bits per heavy atom. The summed E-state index contributed by atoms with van der Waals surface area (Å²) in [7, 11) is 0. The average Bonchev–Trinajstić information content (AvgIpc) is 2.55. The van der Waals surface area contributed by atoms with Crippen molar-refractivity contribution in [3.05, 3.63) is 0 Å². The van der Waals surface area contributed by atoms with Crippen molar-refractivity contribution in [2.24, 2.45) is 5.92 Å². The van der Waals surface area contributed by atoms with E-state index in [2.05, 4.69) is 5.32 Å². The molecule has 1 rings (SSSR count). The first-order chi connectivity index (χ1) is 6.24. The highest BCUT2D eigenvalue weighted by atomic mass is 35.5. The van der Waals surface area contributed by atoms with E-state index in [-0.39, 0.29) is 17.9 Å². The van der Waals surface area contributed by atoms with Gasteiger partial charge in [-0.15, -0.1) is 11.6 Å². The fourth-order valence-corrected chi connectivity index (χ4v) is 2.11. The van der Waals surface area contributed by atoms with Gasteiger partial charge in [0.15, 0.2) is 0 Å². The van der Waals surface area contributed by atoms with Gasteiger partial charge in [0.25, 0.3) is 0 Å². The first kappa shape index (κ1) is 10.8. The minimum atomic E-state index is 0.227. The number of nitrogens with one attached hydrogen (secondary N) is 1. The molecule has 1 N–H and O–H groups in total. The van der Waals surface area contributed by atoms with Gasteiger partial charge in [0.1, 0.15) is 0 Å². The fraction of sp³-hybridized carbons (Fsp3) is 0.900. The van der Waals surface area contributed by atoms with Crippen molar-refractivity contribution in [2.75, 3.05) is 5.88 Å². The fourth-order valence-electron chi connectivity index (χ4n) is 1.78. The number of hydrogen-bond acceptors (Lipinski definition) is 1. The summed E-state index contributed by atoms with van der Waals surface area (Å²) in [5.74, 6) is 1.12. The summed E-state index contributed by atoms with van der Waals surface area (Å²) in [4.78, 5) is 11.6. The van der Waals surface area contributed by atoms with Gasteiger partial charge >= 0.3 is 0 Å². The summed E-state index contributed by atoms with van der Waals surface area (Å²) in [6.07, 6.45) is 5.42. The van der Waals surface area contributed by atoms with Gasteiger partial charge in [-0.05, 0) is 26.2 Å². The lowest BCUT2D eigenvalue weighted by atomic mass is 10.1. The number of amides is 1. The third kappa shape index (κ3) is 3.55. The number of carbonyl (C=O) groups is 1. The highest BCUT2D eigenvalue weighted by Gasteiger charge is 2.23. The third-order valence-corrected chi connectivity index (χ3v) is 2.87. The van der Waals surface area contributed by atoms with E-state index in [1.807, 2.05) is 6.92 Å². The molecule has 1 fully saturated rings. The van der Waals surface area contributed by atoms with Crippen molar-refractivity contribution in [3.63, 3.8) is 0 Å². The Balaban J connectivity index is 2.23. The molecule has 0 heterocycles. The lowest BCUT2D eigenvalue weighted by Gasteiger charge is -2.15. The molecule has 0 aromatic carbocycles. The SMILES string of the molecule is CC(CCCl)NC(=O)C1CCCC1. The quantitative estimate of drug-likeness (QED) is 0.699. The van der Waals surface area contributed by atoms with Crippen LogP contribution in [0.4, 0.5) is 0 Å². The van der Waals surface area contributed by atoms with Crippen LogP contribution < -0.4 is 5.32 Å². The van der Waals surface area contributed by atoms with Crippen molar-refractivity contribution in [1.29, 1.82) is 0 Å². The zero-order chi connectivity index (χ0) is 9.68. The Bertz CT molecular complexity index is 166. The number of carbonyl (C=O) groups excluding carboxylic acids is 1. The van der Waals surface area contributed by atoms with E-state index >= 15 is 0 Å². The minimum Gasteiger partial charge on any atom is -0.353 e. The molecular weight excluding hydrogens is 186 g/mol. The second kappa shape index (κ2) is 5.48. The Morgan fingerprint density at radius 3 is 2.69 bits per heavy atom. The van der Waals surface area contributed by atoms with Crippen LogP contribution in [0, 0.1) is 5.92 Å².